The Morgan fingerprint density at radius 3 is 2.69 bits per heavy atom. The number of thioether (sulfide) groups is 1. The van der Waals surface area contributed by atoms with Gasteiger partial charge in [-0.05, 0) is 19.1 Å². The number of carbonyl (C=O) groups excluding carboxylic acids is 1. The second-order valence-corrected chi connectivity index (χ2v) is 5.10. The molecule has 0 spiro atoms. The summed E-state index contributed by atoms with van der Waals surface area (Å²) < 4.78 is 0.470. The maximum Gasteiger partial charge on any atom is 0.221 e. The van der Waals surface area contributed by atoms with Gasteiger partial charge in [-0.15, -0.1) is 0 Å². The SMILES string of the molecule is CSC1(CNCC(C)C(N)=O)CC1. The van der Waals surface area contributed by atoms with Crippen LogP contribution in [-0.2, 0) is 4.79 Å². The molecule has 0 aromatic rings. The van der Waals surface area contributed by atoms with Crippen molar-refractivity contribution >= 4 is 17.7 Å². The summed E-state index contributed by atoms with van der Waals surface area (Å²) in [6.07, 6.45) is 4.74. The predicted molar refractivity (Wildman–Crippen MR) is 56.7 cm³/mol. The third kappa shape index (κ3) is 3.19. The molecule has 0 aliphatic heterocycles. The molecule has 3 nitrogen and oxygen atoms in total. The van der Waals surface area contributed by atoms with Crippen molar-refractivity contribution in [1.29, 1.82) is 0 Å². The molecule has 1 fully saturated rings. The van der Waals surface area contributed by atoms with Crippen LogP contribution in [0, 0.1) is 5.92 Å². The van der Waals surface area contributed by atoms with E-state index in [1.807, 2.05) is 18.7 Å². The number of nitrogens with one attached hydrogen (secondary N) is 1. The van der Waals surface area contributed by atoms with E-state index in [-0.39, 0.29) is 11.8 Å². The molecule has 0 saturated heterocycles. The summed E-state index contributed by atoms with van der Waals surface area (Å²) in [6, 6.07) is 0. The van der Waals surface area contributed by atoms with Gasteiger partial charge in [0.1, 0.15) is 0 Å². The molecule has 0 radical (unpaired) electrons. The first-order chi connectivity index (χ1) is 6.09. The van der Waals surface area contributed by atoms with Crippen LogP contribution < -0.4 is 11.1 Å². The molecule has 1 unspecified atom stereocenters. The van der Waals surface area contributed by atoms with Gasteiger partial charge in [0.2, 0.25) is 5.91 Å². The average Bonchev–Trinajstić information content (AvgIpc) is 2.85. The number of amides is 1. The Kier molecular flexibility index (Phi) is 3.62. The molecule has 0 bridgehead atoms. The molecule has 13 heavy (non-hydrogen) atoms. The van der Waals surface area contributed by atoms with Crippen molar-refractivity contribution in [3.05, 3.63) is 0 Å². The highest BCUT2D eigenvalue weighted by Gasteiger charge is 2.41. The minimum Gasteiger partial charge on any atom is -0.369 e. The summed E-state index contributed by atoms with van der Waals surface area (Å²) in [7, 11) is 0. The molecule has 0 aromatic heterocycles. The smallest absolute Gasteiger partial charge is 0.221 e. The summed E-state index contributed by atoms with van der Waals surface area (Å²) >= 11 is 1.92. The summed E-state index contributed by atoms with van der Waals surface area (Å²) in [4.78, 5) is 10.7. The van der Waals surface area contributed by atoms with E-state index in [4.69, 9.17) is 5.73 Å². The zero-order valence-corrected chi connectivity index (χ0v) is 9.12. The van der Waals surface area contributed by atoms with Crippen LogP contribution >= 0.6 is 11.8 Å². The fraction of sp³-hybridized carbons (Fsp3) is 0.889. The summed E-state index contributed by atoms with van der Waals surface area (Å²) in [6.45, 7) is 3.57. The van der Waals surface area contributed by atoms with Crippen LogP contribution in [0.15, 0.2) is 0 Å². The van der Waals surface area contributed by atoms with Crippen molar-refractivity contribution in [3.63, 3.8) is 0 Å². The highest BCUT2D eigenvalue weighted by Crippen LogP contribution is 2.46. The molecular weight excluding hydrogens is 184 g/mol. The lowest BCUT2D eigenvalue weighted by atomic mass is 10.2. The van der Waals surface area contributed by atoms with Gasteiger partial charge in [-0.3, -0.25) is 4.79 Å². The molecule has 3 N–H and O–H groups in total. The van der Waals surface area contributed by atoms with Gasteiger partial charge in [-0.2, -0.15) is 11.8 Å². The van der Waals surface area contributed by atoms with Crippen LogP contribution in [0.1, 0.15) is 19.8 Å². The van der Waals surface area contributed by atoms with E-state index in [0.717, 1.165) is 6.54 Å². The molecule has 1 amide bonds. The van der Waals surface area contributed by atoms with E-state index in [0.29, 0.717) is 11.3 Å². The van der Waals surface area contributed by atoms with Gasteiger partial charge in [0, 0.05) is 23.8 Å². The Morgan fingerprint density at radius 2 is 2.31 bits per heavy atom. The Balaban J connectivity index is 2.10. The average molecular weight is 202 g/mol. The van der Waals surface area contributed by atoms with E-state index >= 15 is 0 Å². The lowest BCUT2D eigenvalue weighted by Gasteiger charge is -2.14. The lowest BCUT2D eigenvalue weighted by molar-refractivity contribution is -0.121. The third-order valence-corrected chi connectivity index (χ3v) is 4.04. The second-order valence-electron chi connectivity index (χ2n) is 3.82. The second kappa shape index (κ2) is 4.33. The number of nitrogens with two attached hydrogens (primary N) is 1. The van der Waals surface area contributed by atoms with E-state index < -0.39 is 0 Å². The van der Waals surface area contributed by atoms with Crippen LogP contribution in [-0.4, -0.2) is 30.0 Å². The highest BCUT2D eigenvalue weighted by atomic mass is 32.2. The van der Waals surface area contributed by atoms with Crippen molar-refractivity contribution in [2.75, 3.05) is 19.3 Å². The van der Waals surface area contributed by atoms with Gasteiger partial charge in [0.05, 0.1) is 0 Å². The lowest BCUT2D eigenvalue weighted by Crippen LogP contribution is -2.34. The Morgan fingerprint density at radius 1 is 1.69 bits per heavy atom. The molecule has 1 aliphatic carbocycles. The molecular formula is C9H18N2OS. The molecule has 76 valence electrons. The molecule has 1 atom stereocenters. The maximum absolute atomic E-state index is 10.7. The van der Waals surface area contributed by atoms with Crippen molar-refractivity contribution in [3.8, 4) is 0 Å². The van der Waals surface area contributed by atoms with Gasteiger partial charge in [0.25, 0.3) is 0 Å². The quantitative estimate of drug-likeness (QED) is 0.663. The monoisotopic (exact) mass is 202 g/mol. The minimum atomic E-state index is -0.221. The van der Waals surface area contributed by atoms with Gasteiger partial charge in [-0.25, -0.2) is 0 Å². The van der Waals surface area contributed by atoms with Crippen molar-refractivity contribution in [2.24, 2.45) is 11.7 Å². The molecule has 4 heteroatoms. The summed E-state index contributed by atoms with van der Waals surface area (Å²) in [5.74, 6) is -0.279. The largest absolute Gasteiger partial charge is 0.369 e. The first-order valence-corrected chi connectivity index (χ1v) is 5.87. The fourth-order valence-corrected chi connectivity index (χ4v) is 1.97. The van der Waals surface area contributed by atoms with Crippen LogP contribution in [0.4, 0.5) is 0 Å². The van der Waals surface area contributed by atoms with Crippen molar-refractivity contribution < 1.29 is 4.79 Å². The Bertz CT molecular complexity index is 192. The Labute approximate surface area is 83.8 Å². The standard InChI is InChI=1S/C9H18N2OS/c1-7(8(10)12)5-11-6-9(13-2)3-4-9/h7,11H,3-6H2,1-2H3,(H2,10,12). The van der Waals surface area contributed by atoms with Crippen molar-refractivity contribution in [2.45, 2.75) is 24.5 Å². The fourth-order valence-electron chi connectivity index (χ4n) is 1.21. The molecule has 0 aromatic carbocycles. The van der Waals surface area contributed by atoms with E-state index in [1.54, 1.807) is 0 Å². The summed E-state index contributed by atoms with van der Waals surface area (Å²) in [5.41, 5.74) is 5.15. The third-order valence-electron chi connectivity index (χ3n) is 2.62. The van der Waals surface area contributed by atoms with E-state index in [2.05, 4.69) is 11.6 Å². The van der Waals surface area contributed by atoms with Crippen LogP contribution in [0.3, 0.4) is 0 Å². The van der Waals surface area contributed by atoms with Crippen molar-refractivity contribution in [1.82, 2.24) is 5.32 Å². The van der Waals surface area contributed by atoms with Gasteiger partial charge < -0.3 is 11.1 Å². The van der Waals surface area contributed by atoms with E-state index in [1.165, 1.54) is 12.8 Å². The molecule has 0 heterocycles. The zero-order valence-electron chi connectivity index (χ0n) is 8.30. The van der Waals surface area contributed by atoms with Crippen LogP contribution in [0.25, 0.3) is 0 Å². The number of hydrogen-bond acceptors (Lipinski definition) is 3. The number of hydrogen-bond donors (Lipinski definition) is 2. The van der Waals surface area contributed by atoms with Crippen LogP contribution in [0.2, 0.25) is 0 Å². The number of primary amides is 1. The first kappa shape index (κ1) is 10.9. The summed E-state index contributed by atoms with van der Waals surface area (Å²) in [5, 5.41) is 3.30. The zero-order chi connectivity index (χ0) is 9.90. The predicted octanol–water partition coefficient (Wildman–Crippen LogP) is 0.593. The molecule has 1 saturated carbocycles. The molecule has 1 aliphatic rings. The maximum atomic E-state index is 10.7. The number of rotatable bonds is 6. The first-order valence-electron chi connectivity index (χ1n) is 4.65. The Hall–Kier alpha value is -0.220. The highest BCUT2D eigenvalue weighted by molar-refractivity contribution is 8.00. The van der Waals surface area contributed by atoms with Gasteiger partial charge in [0.15, 0.2) is 0 Å². The number of carbonyl (C=O) groups is 1. The molecule has 1 rings (SSSR count). The normalized spacial score (nSPS) is 21.1. The topological polar surface area (TPSA) is 55.1 Å². The van der Waals surface area contributed by atoms with Crippen LogP contribution in [0.5, 0.6) is 0 Å². The minimum absolute atomic E-state index is 0.0577. The van der Waals surface area contributed by atoms with Gasteiger partial charge >= 0.3 is 0 Å². The van der Waals surface area contributed by atoms with Gasteiger partial charge in [-0.1, -0.05) is 6.92 Å². The van der Waals surface area contributed by atoms with E-state index in [9.17, 15) is 4.79 Å².